The Bertz CT molecular complexity index is 609. The summed E-state index contributed by atoms with van der Waals surface area (Å²) in [5, 5.41) is 12.2. The van der Waals surface area contributed by atoms with Crippen LogP contribution in [0.25, 0.3) is 0 Å². The molecule has 0 radical (unpaired) electrons. The summed E-state index contributed by atoms with van der Waals surface area (Å²) in [6.45, 7) is 3.90. The number of anilines is 1. The normalized spacial score (nSPS) is 22.0. The lowest BCUT2D eigenvalue weighted by molar-refractivity contribution is -0.146. The van der Waals surface area contributed by atoms with Gasteiger partial charge in [0, 0.05) is 10.2 Å². The van der Waals surface area contributed by atoms with Crippen LogP contribution < -0.4 is 5.32 Å². The lowest BCUT2D eigenvalue weighted by atomic mass is 9.76. The highest BCUT2D eigenvalue weighted by molar-refractivity contribution is 9.10. The fourth-order valence-electron chi connectivity index (χ4n) is 2.63. The molecule has 0 bridgehead atoms. The molecule has 2 N–H and O–H groups in total. The molecule has 0 unspecified atom stereocenters. The first-order valence-electron chi connectivity index (χ1n) is 6.83. The minimum absolute atomic E-state index is 0.229. The van der Waals surface area contributed by atoms with Gasteiger partial charge in [-0.2, -0.15) is 0 Å². The van der Waals surface area contributed by atoms with Gasteiger partial charge in [-0.25, -0.2) is 0 Å². The molecule has 1 aromatic rings. The summed E-state index contributed by atoms with van der Waals surface area (Å²) in [6, 6.07) is 7.27. The number of aliphatic carboxylic acids is 1. The van der Waals surface area contributed by atoms with Gasteiger partial charge in [0.2, 0.25) is 5.91 Å². The number of carboxylic acids is 1. The summed E-state index contributed by atoms with van der Waals surface area (Å²) < 4.78 is 0.866. The van der Waals surface area contributed by atoms with Gasteiger partial charge in [0.1, 0.15) is 0 Å². The van der Waals surface area contributed by atoms with E-state index in [1.807, 2.05) is 26.0 Å². The van der Waals surface area contributed by atoms with Gasteiger partial charge in [-0.05, 0) is 44.9 Å². The summed E-state index contributed by atoms with van der Waals surface area (Å²) >= 11 is 3.35. The second-order valence-corrected chi connectivity index (χ2v) is 6.44. The molecule has 112 valence electrons. The SMILES string of the molecule is CC1=C(C)C[C@@H](C(=O)Nc2cccc(Br)c2)[C@H](C(=O)O)C1. The average Bonchev–Trinajstić information content (AvgIpc) is 2.41. The van der Waals surface area contributed by atoms with E-state index in [9.17, 15) is 14.7 Å². The second-order valence-electron chi connectivity index (χ2n) is 5.52. The third-order valence-electron chi connectivity index (χ3n) is 4.01. The van der Waals surface area contributed by atoms with Gasteiger partial charge in [-0.1, -0.05) is 33.1 Å². The van der Waals surface area contributed by atoms with Crippen molar-refractivity contribution in [2.75, 3.05) is 5.32 Å². The molecule has 0 aromatic heterocycles. The molecule has 0 spiro atoms. The summed E-state index contributed by atoms with van der Waals surface area (Å²) in [5.74, 6) is -2.31. The van der Waals surface area contributed by atoms with Gasteiger partial charge in [-0.15, -0.1) is 0 Å². The molecule has 0 saturated carbocycles. The molecular weight excluding hydrogens is 334 g/mol. The third kappa shape index (κ3) is 3.73. The fourth-order valence-corrected chi connectivity index (χ4v) is 3.03. The molecule has 0 aliphatic heterocycles. The zero-order chi connectivity index (χ0) is 15.6. The lowest BCUT2D eigenvalue weighted by Gasteiger charge is -2.29. The van der Waals surface area contributed by atoms with Crippen LogP contribution in [0, 0.1) is 11.8 Å². The molecule has 1 aliphatic carbocycles. The van der Waals surface area contributed by atoms with Crippen LogP contribution in [0.4, 0.5) is 5.69 Å². The molecule has 21 heavy (non-hydrogen) atoms. The number of allylic oxidation sites excluding steroid dienone is 2. The maximum Gasteiger partial charge on any atom is 0.307 e. The van der Waals surface area contributed by atoms with E-state index in [1.165, 1.54) is 0 Å². The molecule has 0 fully saturated rings. The van der Waals surface area contributed by atoms with Crippen molar-refractivity contribution in [1.29, 1.82) is 0 Å². The molecular formula is C16H18BrNO3. The van der Waals surface area contributed by atoms with Crippen LogP contribution in [0.15, 0.2) is 39.9 Å². The monoisotopic (exact) mass is 351 g/mol. The standard InChI is InChI=1S/C16H18BrNO3/c1-9-6-13(14(16(20)21)7-10(9)2)15(19)18-12-5-3-4-11(17)8-12/h3-5,8,13-14H,6-7H2,1-2H3,(H,18,19)(H,20,21)/t13-,14-/m1/s1. The van der Waals surface area contributed by atoms with E-state index in [1.54, 1.807) is 12.1 Å². The van der Waals surface area contributed by atoms with E-state index in [0.717, 1.165) is 15.6 Å². The Kier molecular flexibility index (Phi) is 4.83. The van der Waals surface area contributed by atoms with Crippen LogP contribution in [0.3, 0.4) is 0 Å². The number of carbonyl (C=O) groups is 2. The fraction of sp³-hybridized carbons (Fsp3) is 0.375. The van der Waals surface area contributed by atoms with E-state index in [0.29, 0.717) is 18.5 Å². The Hall–Kier alpha value is -1.62. The molecule has 1 amide bonds. The maximum atomic E-state index is 12.4. The predicted octanol–water partition coefficient (Wildman–Crippen LogP) is 3.83. The highest BCUT2D eigenvalue weighted by atomic mass is 79.9. The van der Waals surface area contributed by atoms with Crippen LogP contribution in [0.5, 0.6) is 0 Å². The minimum atomic E-state index is -0.906. The van der Waals surface area contributed by atoms with Crippen LogP contribution >= 0.6 is 15.9 Å². The smallest absolute Gasteiger partial charge is 0.307 e. The summed E-state index contributed by atoms with van der Waals surface area (Å²) in [7, 11) is 0. The number of halogens is 1. The molecule has 2 atom stereocenters. The highest BCUT2D eigenvalue weighted by Crippen LogP contribution is 2.35. The Balaban J connectivity index is 2.18. The van der Waals surface area contributed by atoms with Crippen LogP contribution in [-0.4, -0.2) is 17.0 Å². The van der Waals surface area contributed by atoms with Crippen molar-refractivity contribution < 1.29 is 14.7 Å². The van der Waals surface area contributed by atoms with Crippen molar-refractivity contribution in [3.8, 4) is 0 Å². The molecule has 0 saturated heterocycles. The average molecular weight is 352 g/mol. The molecule has 1 aromatic carbocycles. The van der Waals surface area contributed by atoms with Crippen LogP contribution in [0.1, 0.15) is 26.7 Å². The molecule has 0 heterocycles. The Morgan fingerprint density at radius 2 is 1.81 bits per heavy atom. The van der Waals surface area contributed by atoms with E-state index < -0.39 is 17.8 Å². The quantitative estimate of drug-likeness (QED) is 0.813. The molecule has 2 rings (SSSR count). The first kappa shape index (κ1) is 15.8. The predicted molar refractivity (Wildman–Crippen MR) is 85.0 cm³/mol. The number of hydrogen-bond acceptors (Lipinski definition) is 2. The summed E-state index contributed by atoms with van der Waals surface area (Å²) in [5.41, 5.74) is 2.86. The number of hydrogen-bond donors (Lipinski definition) is 2. The van der Waals surface area contributed by atoms with Crippen LogP contribution in [-0.2, 0) is 9.59 Å². The zero-order valence-electron chi connectivity index (χ0n) is 12.0. The number of benzene rings is 1. The van der Waals surface area contributed by atoms with Gasteiger partial charge < -0.3 is 10.4 Å². The largest absolute Gasteiger partial charge is 0.481 e. The molecule has 4 nitrogen and oxygen atoms in total. The Labute approximate surface area is 132 Å². The van der Waals surface area contributed by atoms with Crippen molar-refractivity contribution in [3.05, 3.63) is 39.9 Å². The van der Waals surface area contributed by atoms with Gasteiger partial charge in [0.05, 0.1) is 11.8 Å². The van der Waals surface area contributed by atoms with Gasteiger partial charge in [0.25, 0.3) is 0 Å². The van der Waals surface area contributed by atoms with Crippen molar-refractivity contribution in [3.63, 3.8) is 0 Å². The number of carbonyl (C=O) groups excluding carboxylic acids is 1. The molecule has 5 heteroatoms. The van der Waals surface area contributed by atoms with Gasteiger partial charge in [-0.3, -0.25) is 9.59 Å². The van der Waals surface area contributed by atoms with Crippen molar-refractivity contribution in [2.24, 2.45) is 11.8 Å². The number of nitrogens with one attached hydrogen (secondary N) is 1. The highest BCUT2D eigenvalue weighted by Gasteiger charge is 2.37. The lowest BCUT2D eigenvalue weighted by Crippen LogP contribution is -2.36. The topological polar surface area (TPSA) is 66.4 Å². The number of carboxylic acid groups (broad SMARTS) is 1. The number of rotatable bonds is 3. The molecule has 1 aliphatic rings. The number of amides is 1. The summed E-state index contributed by atoms with van der Waals surface area (Å²) in [6.07, 6.45) is 0.945. The van der Waals surface area contributed by atoms with E-state index in [4.69, 9.17) is 0 Å². The van der Waals surface area contributed by atoms with Crippen LogP contribution in [0.2, 0.25) is 0 Å². The first-order chi connectivity index (χ1) is 9.88. The van der Waals surface area contributed by atoms with E-state index in [2.05, 4.69) is 21.2 Å². The van der Waals surface area contributed by atoms with Gasteiger partial charge in [0.15, 0.2) is 0 Å². The second kappa shape index (κ2) is 6.43. The van der Waals surface area contributed by atoms with Gasteiger partial charge >= 0.3 is 5.97 Å². The van der Waals surface area contributed by atoms with Crippen molar-refractivity contribution in [2.45, 2.75) is 26.7 Å². The van der Waals surface area contributed by atoms with Crippen molar-refractivity contribution >= 4 is 33.5 Å². The first-order valence-corrected chi connectivity index (χ1v) is 7.62. The van der Waals surface area contributed by atoms with E-state index >= 15 is 0 Å². The van der Waals surface area contributed by atoms with Crippen molar-refractivity contribution in [1.82, 2.24) is 0 Å². The third-order valence-corrected chi connectivity index (χ3v) is 4.51. The maximum absolute atomic E-state index is 12.4. The van der Waals surface area contributed by atoms with E-state index in [-0.39, 0.29) is 5.91 Å². The Morgan fingerprint density at radius 1 is 1.19 bits per heavy atom. The summed E-state index contributed by atoms with van der Waals surface area (Å²) in [4.78, 5) is 23.9. The minimum Gasteiger partial charge on any atom is -0.481 e. The Morgan fingerprint density at radius 3 is 2.38 bits per heavy atom. The zero-order valence-corrected chi connectivity index (χ0v) is 13.6.